The number of hydrogen-bond acceptors (Lipinski definition) is 3. The fraction of sp³-hybridized carbons (Fsp3) is 0.286. The summed E-state index contributed by atoms with van der Waals surface area (Å²) in [7, 11) is 1.76. The molecule has 1 amide bonds. The van der Waals surface area contributed by atoms with Crippen molar-refractivity contribution in [1.82, 2.24) is 9.55 Å². The van der Waals surface area contributed by atoms with Crippen molar-refractivity contribution in [3.05, 3.63) is 41.2 Å². The van der Waals surface area contributed by atoms with Gasteiger partial charge in [-0.25, -0.2) is 4.98 Å². The molecule has 0 radical (unpaired) electrons. The lowest BCUT2D eigenvalue weighted by Gasteiger charge is -2.16. The third-order valence-electron chi connectivity index (χ3n) is 2.97. The number of amides is 1. The van der Waals surface area contributed by atoms with E-state index in [-0.39, 0.29) is 10.7 Å². The van der Waals surface area contributed by atoms with Gasteiger partial charge in [0, 0.05) is 24.5 Å². The largest absolute Gasteiger partial charge is 0.418 e. The minimum Gasteiger partial charge on any atom is -0.329 e. The topological polar surface area (TPSA) is 46.9 Å². The zero-order chi connectivity index (χ0) is 17.2. The van der Waals surface area contributed by atoms with E-state index >= 15 is 0 Å². The molecular weight excluding hydrogens is 351 g/mol. The summed E-state index contributed by atoms with van der Waals surface area (Å²) in [4.78, 5) is 16.2. The molecule has 4 nitrogen and oxygen atoms in total. The van der Waals surface area contributed by atoms with Gasteiger partial charge in [0.1, 0.15) is 0 Å². The number of alkyl halides is 3. The fourth-order valence-electron chi connectivity index (χ4n) is 1.77. The molecule has 0 fully saturated rings. The van der Waals surface area contributed by atoms with Gasteiger partial charge in [-0.15, -0.1) is 0 Å². The van der Waals surface area contributed by atoms with Gasteiger partial charge in [0.05, 0.1) is 16.5 Å². The van der Waals surface area contributed by atoms with E-state index in [1.54, 1.807) is 30.9 Å². The number of nitrogens with one attached hydrogen (secondary N) is 1. The molecule has 9 heteroatoms. The number of aryl methyl sites for hydroxylation is 1. The fourth-order valence-corrected chi connectivity index (χ4v) is 2.77. The molecule has 0 aliphatic rings. The van der Waals surface area contributed by atoms with E-state index in [4.69, 9.17) is 11.6 Å². The van der Waals surface area contributed by atoms with Crippen LogP contribution in [0, 0.1) is 0 Å². The van der Waals surface area contributed by atoms with Gasteiger partial charge in [0.25, 0.3) is 0 Å². The molecule has 0 aliphatic heterocycles. The maximum atomic E-state index is 13.0. The Labute approximate surface area is 140 Å². The second-order valence-corrected chi connectivity index (χ2v) is 6.50. The molecule has 0 unspecified atom stereocenters. The van der Waals surface area contributed by atoms with Crippen molar-refractivity contribution >= 4 is 35.0 Å². The summed E-state index contributed by atoms with van der Waals surface area (Å²) in [5.41, 5.74) is -1.30. The number of nitrogens with zero attached hydrogens (tertiary/aromatic N) is 2. The van der Waals surface area contributed by atoms with Crippen molar-refractivity contribution in [3.8, 4) is 0 Å². The number of anilines is 1. The lowest BCUT2D eigenvalue weighted by atomic mass is 10.1. The Hall–Kier alpha value is -1.67. The number of benzene rings is 1. The average Bonchev–Trinajstić information content (AvgIpc) is 2.85. The number of thioether (sulfide) groups is 1. The van der Waals surface area contributed by atoms with E-state index in [2.05, 4.69) is 10.3 Å². The average molecular weight is 364 g/mol. The van der Waals surface area contributed by atoms with Crippen LogP contribution in [0.5, 0.6) is 0 Å². The van der Waals surface area contributed by atoms with Crippen molar-refractivity contribution in [2.45, 2.75) is 23.5 Å². The third-order valence-corrected chi connectivity index (χ3v) is 4.38. The number of hydrogen-bond donors (Lipinski definition) is 1. The molecule has 0 spiro atoms. The number of carbonyl (C=O) groups is 1. The number of rotatable bonds is 4. The minimum absolute atomic E-state index is 0.0502. The minimum atomic E-state index is -4.61. The van der Waals surface area contributed by atoms with Crippen LogP contribution in [0.15, 0.2) is 35.7 Å². The van der Waals surface area contributed by atoms with Crippen molar-refractivity contribution in [1.29, 1.82) is 0 Å². The number of aromatic nitrogens is 2. The first kappa shape index (κ1) is 17.7. The van der Waals surface area contributed by atoms with E-state index < -0.39 is 22.9 Å². The molecule has 124 valence electrons. The van der Waals surface area contributed by atoms with E-state index in [0.717, 1.165) is 23.9 Å². The molecule has 1 N–H and O–H groups in total. The van der Waals surface area contributed by atoms with E-state index in [0.29, 0.717) is 5.16 Å². The van der Waals surface area contributed by atoms with Crippen molar-refractivity contribution < 1.29 is 18.0 Å². The van der Waals surface area contributed by atoms with Gasteiger partial charge >= 0.3 is 6.18 Å². The van der Waals surface area contributed by atoms with Crippen LogP contribution in [-0.4, -0.2) is 20.7 Å². The molecule has 1 heterocycles. The second-order valence-electron chi connectivity index (χ2n) is 4.76. The molecule has 2 aromatic rings. The first-order chi connectivity index (χ1) is 10.7. The Bertz CT molecular complexity index is 718. The van der Waals surface area contributed by atoms with Gasteiger partial charge in [-0.2, -0.15) is 13.2 Å². The van der Waals surface area contributed by atoms with Crippen molar-refractivity contribution in [2.75, 3.05) is 5.32 Å². The predicted octanol–water partition coefficient (Wildman–Crippen LogP) is 4.21. The Morgan fingerprint density at radius 1 is 1.43 bits per heavy atom. The van der Waals surface area contributed by atoms with Crippen LogP contribution in [0.1, 0.15) is 12.5 Å². The van der Waals surface area contributed by atoms with Crippen LogP contribution in [0.2, 0.25) is 5.02 Å². The summed E-state index contributed by atoms with van der Waals surface area (Å²) < 4.78 is 40.7. The molecule has 0 bridgehead atoms. The Morgan fingerprint density at radius 3 is 2.70 bits per heavy atom. The highest BCUT2D eigenvalue weighted by atomic mass is 35.5. The van der Waals surface area contributed by atoms with Crippen LogP contribution in [0.4, 0.5) is 18.9 Å². The van der Waals surface area contributed by atoms with Crippen LogP contribution in [-0.2, 0) is 18.0 Å². The highest BCUT2D eigenvalue weighted by Crippen LogP contribution is 2.36. The van der Waals surface area contributed by atoms with E-state index in [1.165, 1.54) is 6.07 Å². The van der Waals surface area contributed by atoms with Gasteiger partial charge in [-0.05, 0) is 25.1 Å². The zero-order valence-electron chi connectivity index (χ0n) is 12.2. The monoisotopic (exact) mass is 363 g/mol. The molecule has 0 saturated carbocycles. The predicted molar refractivity (Wildman–Crippen MR) is 83.6 cm³/mol. The first-order valence-electron chi connectivity index (χ1n) is 6.50. The molecule has 2 rings (SSSR count). The molecule has 0 saturated heterocycles. The Kier molecular flexibility index (Phi) is 5.26. The summed E-state index contributed by atoms with van der Waals surface area (Å²) in [6.07, 6.45) is -1.31. The molecule has 1 aromatic carbocycles. The number of halogens is 4. The lowest BCUT2D eigenvalue weighted by molar-refractivity contribution is -0.137. The summed E-state index contributed by atoms with van der Waals surface area (Å²) in [6, 6.07) is 3.22. The maximum Gasteiger partial charge on any atom is 0.418 e. The van der Waals surface area contributed by atoms with E-state index in [9.17, 15) is 18.0 Å². The molecule has 1 atom stereocenters. The summed E-state index contributed by atoms with van der Waals surface area (Å²) in [5, 5.41) is 2.23. The first-order valence-corrected chi connectivity index (χ1v) is 7.76. The maximum absolute atomic E-state index is 13.0. The molecule has 23 heavy (non-hydrogen) atoms. The molecular formula is C14H13ClF3N3OS. The quantitative estimate of drug-likeness (QED) is 0.828. The SMILES string of the molecule is C[C@@H](Sc1nccn1C)C(=O)Nc1ccc(Cl)cc1C(F)(F)F. The van der Waals surface area contributed by atoms with Crippen molar-refractivity contribution in [3.63, 3.8) is 0 Å². The van der Waals surface area contributed by atoms with Crippen LogP contribution < -0.4 is 5.32 Å². The molecule has 1 aromatic heterocycles. The van der Waals surface area contributed by atoms with Crippen molar-refractivity contribution in [2.24, 2.45) is 7.05 Å². The highest BCUT2D eigenvalue weighted by Gasteiger charge is 2.34. The van der Waals surface area contributed by atoms with Gasteiger partial charge in [0.2, 0.25) is 5.91 Å². The normalized spacial score (nSPS) is 13.0. The van der Waals surface area contributed by atoms with Crippen LogP contribution in [0.25, 0.3) is 0 Å². The highest BCUT2D eigenvalue weighted by molar-refractivity contribution is 8.00. The smallest absolute Gasteiger partial charge is 0.329 e. The summed E-state index contributed by atoms with van der Waals surface area (Å²) in [5.74, 6) is -0.550. The summed E-state index contributed by atoms with van der Waals surface area (Å²) >= 11 is 6.76. The van der Waals surface area contributed by atoms with Crippen LogP contribution in [0.3, 0.4) is 0 Å². The number of imidazole rings is 1. The summed E-state index contributed by atoms with van der Waals surface area (Å²) in [6.45, 7) is 1.60. The second kappa shape index (κ2) is 6.84. The van der Waals surface area contributed by atoms with Gasteiger partial charge in [-0.1, -0.05) is 23.4 Å². The Balaban J connectivity index is 2.15. The van der Waals surface area contributed by atoms with Gasteiger partial charge in [0.15, 0.2) is 5.16 Å². The zero-order valence-corrected chi connectivity index (χ0v) is 13.8. The number of carbonyl (C=O) groups excluding carboxylic acids is 1. The van der Waals surface area contributed by atoms with E-state index in [1.807, 2.05) is 0 Å². The van der Waals surface area contributed by atoms with Gasteiger partial charge < -0.3 is 9.88 Å². The van der Waals surface area contributed by atoms with Crippen LogP contribution >= 0.6 is 23.4 Å². The Morgan fingerprint density at radius 2 is 2.13 bits per heavy atom. The van der Waals surface area contributed by atoms with Gasteiger partial charge in [-0.3, -0.25) is 4.79 Å². The lowest BCUT2D eigenvalue weighted by Crippen LogP contribution is -2.24. The standard InChI is InChI=1S/C14H13ClF3N3OS/c1-8(23-13-19-5-6-21(13)2)12(22)20-11-4-3-9(15)7-10(11)14(16,17)18/h3-8H,1-2H3,(H,20,22)/t8-/m1/s1. The molecule has 0 aliphatic carbocycles. The third kappa shape index (κ3) is 4.42.